The van der Waals surface area contributed by atoms with Crippen molar-refractivity contribution in [2.75, 3.05) is 0 Å². The predicted molar refractivity (Wildman–Crippen MR) is 110 cm³/mol. The van der Waals surface area contributed by atoms with E-state index in [0.717, 1.165) is 11.1 Å². The van der Waals surface area contributed by atoms with Gasteiger partial charge in [0.25, 0.3) is 0 Å². The number of hydrogen-bond acceptors (Lipinski definition) is 2. The molecule has 0 bridgehead atoms. The van der Waals surface area contributed by atoms with E-state index >= 15 is 0 Å². The van der Waals surface area contributed by atoms with Crippen molar-refractivity contribution in [2.45, 2.75) is 19.8 Å². The first kappa shape index (κ1) is 18.5. The van der Waals surface area contributed by atoms with Gasteiger partial charge in [-0.1, -0.05) is 97.9 Å². The lowest BCUT2D eigenvalue weighted by atomic mass is 9.88. The molecule has 3 aromatic carbocycles. The van der Waals surface area contributed by atoms with Crippen LogP contribution in [0.4, 0.5) is 0 Å². The van der Waals surface area contributed by atoms with Gasteiger partial charge in [0.05, 0.1) is 0 Å². The number of hydrogen-bond donors (Lipinski definition) is 0. The lowest BCUT2D eigenvalue weighted by molar-refractivity contribution is 0.0998. The third kappa shape index (κ3) is 4.48. The van der Waals surface area contributed by atoms with Crippen LogP contribution in [0.15, 0.2) is 96.6 Å². The fourth-order valence-electron chi connectivity index (χ4n) is 3.18. The highest BCUT2D eigenvalue weighted by Crippen LogP contribution is 2.28. The molecule has 0 saturated heterocycles. The Hall–Kier alpha value is -3.26. The predicted octanol–water partition coefficient (Wildman–Crippen LogP) is 6.01. The summed E-state index contributed by atoms with van der Waals surface area (Å²) in [7, 11) is 0. The van der Waals surface area contributed by atoms with Crippen molar-refractivity contribution in [2.24, 2.45) is 0 Å². The second-order valence-electron chi connectivity index (χ2n) is 6.34. The van der Waals surface area contributed by atoms with Gasteiger partial charge < -0.3 is 0 Å². The lowest BCUT2D eigenvalue weighted by Gasteiger charge is -2.14. The fraction of sp³-hybridized carbons (Fsp3) is 0.120. The SMILES string of the molecule is CC/C(C(=O)c1ccccc1)=C(\CC(=O)c1ccccc1)c1ccccc1. The Morgan fingerprint density at radius 1 is 0.630 bits per heavy atom. The van der Waals surface area contributed by atoms with E-state index in [1.807, 2.05) is 97.9 Å². The van der Waals surface area contributed by atoms with Crippen LogP contribution in [0, 0.1) is 0 Å². The van der Waals surface area contributed by atoms with Crippen LogP contribution in [0.3, 0.4) is 0 Å². The fourth-order valence-corrected chi connectivity index (χ4v) is 3.18. The maximum absolute atomic E-state index is 13.1. The van der Waals surface area contributed by atoms with E-state index in [9.17, 15) is 9.59 Å². The largest absolute Gasteiger partial charge is 0.294 e. The van der Waals surface area contributed by atoms with Gasteiger partial charge in [-0.25, -0.2) is 0 Å². The summed E-state index contributed by atoms with van der Waals surface area (Å²) in [5.41, 5.74) is 3.73. The Balaban J connectivity index is 2.06. The first-order valence-electron chi connectivity index (χ1n) is 9.16. The molecule has 134 valence electrons. The van der Waals surface area contributed by atoms with Crippen molar-refractivity contribution in [3.8, 4) is 0 Å². The van der Waals surface area contributed by atoms with Crippen LogP contribution in [-0.4, -0.2) is 11.6 Å². The normalized spacial score (nSPS) is 11.6. The van der Waals surface area contributed by atoms with Crippen molar-refractivity contribution < 1.29 is 9.59 Å². The number of benzene rings is 3. The van der Waals surface area contributed by atoms with Crippen LogP contribution in [-0.2, 0) is 0 Å². The Bertz CT molecular complexity index is 939. The second-order valence-corrected chi connectivity index (χ2v) is 6.34. The molecule has 0 spiro atoms. The molecule has 0 saturated carbocycles. The minimum absolute atomic E-state index is 0.0151. The maximum atomic E-state index is 13.1. The highest BCUT2D eigenvalue weighted by molar-refractivity contribution is 6.15. The molecule has 0 aromatic heterocycles. The Labute approximate surface area is 160 Å². The van der Waals surface area contributed by atoms with Crippen LogP contribution in [0.25, 0.3) is 5.57 Å². The first-order chi connectivity index (χ1) is 13.2. The number of carbonyl (C=O) groups is 2. The molecular formula is C25H22O2. The summed E-state index contributed by atoms with van der Waals surface area (Å²) in [5.74, 6) is -0.000852. The van der Waals surface area contributed by atoms with Crippen LogP contribution >= 0.6 is 0 Å². The quantitative estimate of drug-likeness (QED) is 0.385. The summed E-state index contributed by atoms with van der Waals surface area (Å²) < 4.78 is 0. The van der Waals surface area contributed by atoms with E-state index in [4.69, 9.17) is 0 Å². The monoisotopic (exact) mass is 354 g/mol. The molecule has 0 atom stereocenters. The van der Waals surface area contributed by atoms with Crippen LogP contribution in [0.5, 0.6) is 0 Å². The third-order valence-corrected chi connectivity index (χ3v) is 4.58. The molecule has 3 rings (SSSR count). The molecule has 0 aliphatic rings. The highest BCUT2D eigenvalue weighted by Gasteiger charge is 2.19. The summed E-state index contributed by atoms with van der Waals surface area (Å²) in [5, 5.41) is 0. The molecular weight excluding hydrogens is 332 g/mol. The van der Waals surface area contributed by atoms with E-state index < -0.39 is 0 Å². The standard InChI is InChI=1S/C25H22O2/c1-2-22(25(27)21-16-10-5-11-17-21)23(19-12-6-3-7-13-19)18-24(26)20-14-8-4-9-15-20/h3-17H,2,18H2,1H3/b23-22-. The summed E-state index contributed by atoms with van der Waals surface area (Å²) in [4.78, 5) is 26.0. The number of ketones is 2. The third-order valence-electron chi connectivity index (χ3n) is 4.58. The number of Topliss-reactive ketones (excluding diaryl/α,β-unsaturated/α-hetero) is 2. The summed E-state index contributed by atoms with van der Waals surface area (Å²) in [6, 6.07) is 28.2. The van der Waals surface area contributed by atoms with E-state index in [0.29, 0.717) is 23.1 Å². The van der Waals surface area contributed by atoms with Crippen LogP contribution in [0.1, 0.15) is 46.0 Å². The molecule has 0 fully saturated rings. The molecule has 0 unspecified atom stereocenters. The van der Waals surface area contributed by atoms with E-state index in [2.05, 4.69) is 0 Å². The molecule has 2 heteroatoms. The summed E-state index contributed by atoms with van der Waals surface area (Å²) in [6.45, 7) is 1.96. The average Bonchev–Trinajstić information content (AvgIpc) is 2.75. The van der Waals surface area contributed by atoms with Gasteiger partial charge >= 0.3 is 0 Å². The van der Waals surface area contributed by atoms with Gasteiger partial charge in [-0.3, -0.25) is 9.59 Å². The van der Waals surface area contributed by atoms with Gasteiger partial charge in [0, 0.05) is 23.1 Å². The van der Waals surface area contributed by atoms with E-state index in [-0.39, 0.29) is 18.0 Å². The molecule has 0 aliphatic heterocycles. The van der Waals surface area contributed by atoms with Crippen molar-refractivity contribution >= 4 is 17.1 Å². The van der Waals surface area contributed by atoms with E-state index in [1.165, 1.54) is 0 Å². The highest BCUT2D eigenvalue weighted by atomic mass is 16.1. The van der Waals surface area contributed by atoms with Crippen molar-refractivity contribution in [3.05, 3.63) is 113 Å². The van der Waals surface area contributed by atoms with Gasteiger partial charge in [-0.15, -0.1) is 0 Å². The molecule has 0 heterocycles. The molecule has 3 aromatic rings. The maximum Gasteiger partial charge on any atom is 0.189 e. The molecule has 0 radical (unpaired) electrons. The van der Waals surface area contributed by atoms with Gasteiger partial charge in [0.15, 0.2) is 11.6 Å². The molecule has 0 amide bonds. The minimum Gasteiger partial charge on any atom is -0.294 e. The van der Waals surface area contributed by atoms with Crippen molar-refractivity contribution in [1.82, 2.24) is 0 Å². The number of rotatable bonds is 7. The Kier molecular flexibility index (Phi) is 6.11. The van der Waals surface area contributed by atoms with Gasteiger partial charge in [0.1, 0.15) is 0 Å². The van der Waals surface area contributed by atoms with Gasteiger partial charge in [-0.05, 0) is 17.6 Å². The number of carbonyl (C=O) groups excluding carboxylic acids is 2. The summed E-state index contributed by atoms with van der Waals surface area (Å²) >= 11 is 0. The van der Waals surface area contributed by atoms with E-state index in [1.54, 1.807) is 0 Å². The zero-order chi connectivity index (χ0) is 19.1. The van der Waals surface area contributed by atoms with Crippen molar-refractivity contribution in [1.29, 1.82) is 0 Å². The second kappa shape index (κ2) is 8.91. The minimum atomic E-state index is -0.0159. The number of allylic oxidation sites excluding steroid dienone is 2. The van der Waals surface area contributed by atoms with Crippen LogP contribution < -0.4 is 0 Å². The van der Waals surface area contributed by atoms with Crippen molar-refractivity contribution in [3.63, 3.8) is 0 Å². The smallest absolute Gasteiger partial charge is 0.189 e. The molecule has 0 aliphatic carbocycles. The van der Waals surface area contributed by atoms with Crippen LogP contribution in [0.2, 0.25) is 0 Å². The Morgan fingerprint density at radius 3 is 1.56 bits per heavy atom. The van der Waals surface area contributed by atoms with Gasteiger partial charge in [-0.2, -0.15) is 0 Å². The molecule has 27 heavy (non-hydrogen) atoms. The molecule has 0 N–H and O–H groups in total. The molecule has 2 nitrogen and oxygen atoms in total. The Morgan fingerprint density at radius 2 is 1.07 bits per heavy atom. The summed E-state index contributed by atoms with van der Waals surface area (Å²) in [6.07, 6.45) is 0.774. The topological polar surface area (TPSA) is 34.1 Å². The zero-order valence-electron chi connectivity index (χ0n) is 15.4. The first-order valence-corrected chi connectivity index (χ1v) is 9.16. The average molecular weight is 354 g/mol. The lowest BCUT2D eigenvalue weighted by Crippen LogP contribution is -2.09. The van der Waals surface area contributed by atoms with Gasteiger partial charge in [0.2, 0.25) is 0 Å². The zero-order valence-corrected chi connectivity index (χ0v) is 15.4.